The largest absolute Gasteiger partial charge is 0.494 e. The molecule has 3 aromatic carbocycles. The second kappa shape index (κ2) is 11.4. The summed E-state index contributed by atoms with van der Waals surface area (Å²) in [6.07, 6.45) is -4.92. The SMILES string of the molecule is CCOc1ccc(-n2c(C(C)N(CC#N)C(=O)Cc3cccc(C(F)(F)F)c3)nc3ccccc3c2=O)cc1. The first-order chi connectivity index (χ1) is 18.6. The van der Waals surface area contributed by atoms with Crippen LogP contribution in [-0.4, -0.2) is 33.5 Å². The molecule has 1 aromatic heterocycles. The van der Waals surface area contributed by atoms with Crippen molar-refractivity contribution in [2.75, 3.05) is 13.2 Å². The van der Waals surface area contributed by atoms with Gasteiger partial charge in [0.25, 0.3) is 5.56 Å². The number of carbonyl (C=O) groups excluding carboxylic acids is 1. The summed E-state index contributed by atoms with van der Waals surface area (Å²) in [6, 6.07) is 19.2. The summed E-state index contributed by atoms with van der Waals surface area (Å²) in [5.74, 6) is 0.236. The highest BCUT2D eigenvalue weighted by molar-refractivity contribution is 5.80. The van der Waals surface area contributed by atoms with Gasteiger partial charge in [0.15, 0.2) is 0 Å². The molecule has 7 nitrogen and oxygen atoms in total. The third-order valence-electron chi connectivity index (χ3n) is 6.22. The van der Waals surface area contributed by atoms with Crippen molar-refractivity contribution in [1.82, 2.24) is 14.5 Å². The van der Waals surface area contributed by atoms with Gasteiger partial charge in [-0.25, -0.2) is 4.98 Å². The molecule has 0 radical (unpaired) electrons. The Hall–Kier alpha value is -4.65. The van der Waals surface area contributed by atoms with Crippen LogP contribution in [0.2, 0.25) is 0 Å². The molecule has 4 aromatic rings. The minimum Gasteiger partial charge on any atom is -0.494 e. The number of aromatic nitrogens is 2. The number of halogens is 3. The molecule has 1 heterocycles. The molecule has 1 amide bonds. The van der Waals surface area contributed by atoms with E-state index in [1.807, 2.05) is 13.0 Å². The maximum atomic E-state index is 13.7. The smallest absolute Gasteiger partial charge is 0.416 e. The first-order valence-corrected chi connectivity index (χ1v) is 12.2. The summed E-state index contributed by atoms with van der Waals surface area (Å²) in [7, 11) is 0. The van der Waals surface area contributed by atoms with Crippen LogP contribution in [-0.2, 0) is 17.4 Å². The molecule has 0 fully saturated rings. The summed E-state index contributed by atoms with van der Waals surface area (Å²) in [5.41, 5.74) is -0.193. The van der Waals surface area contributed by atoms with E-state index in [2.05, 4.69) is 4.98 Å². The predicted octanol–water partition coefficient (Wildman–Crippen LogP) is 5.46. The quantitative estimate of drug-likeness (QED) is 0.280. The molecule has 0 saturated heterocycles. The van der Waals surface area contributed by atoms with Gasteiger partial charge in [-0.2, -0.15) is 18.4 Å². The van der Waals surface area contributed by atoms with Gasteiger partial charge in [-0.1, -0.05) is 30.3 Å². The number of hydrogen-bond donors (Lipinski definition) is 0. The number of rotatable bonds is 8. The topological polar surface area (TPSA) is 88.2 Å². The number of carbonyl (C=O) groups is 1. The second-order valence-corrected chi connectivity index (χ2v) is 8.79. The summed E-state index contributed by atoms with van der Waals surface area (Å²) in [6.45, 7) is 3.59. The zero-order chi connectivity index (χ0) is 28.2. The van der Waals surface area contributed by atoms with Crippen LogP contribution in [0.3, 0.4) is 0 Å². The van der Waals surface area contributed by atoms with Crippen LogP contribution in [0.15, 0.2) is 77.6 Å². The average molecular weight is 535 g/mol. The highest BCUT2D eigenvalue weighted by Crippen LogP contribution is 2.30. The normalized spacial score (nSPS) is 12.1. The first-order valence-electron chi connectivity index (χ1n) is 12.2. The number of para-hydroxylation sites is 1. The van der Waals surface area contributed by atoms with Crippen molar-refractivity contribution >= 4 is 16.8 Å². The molecule has 0 bridgehead atoms. The minimum atomic E-state index is -4.55. The fraction of sp³-hybridized carbons (Fsp3) is 0.241. The zero-order valence-corrected chi connectivity index (χ0v) is 21.3. The van der Waals surface area contributed by atoms with Crippen LogP contribution in [0.1, 0.15) is 36.8 Å². The Morgan fingerprint density at radius 3 is 2.49 bits per heavy atom. The van der Waals surface area contributed by atoms with E-state index >= 15 is 0 Å². The third-order valence-corrected chi connectivity index (χ3v) is 6.22. The lowest BCUT2D eigenvalue weighted by Gasteiger charge is -2.29. The van der Waals surface area contributed by atoms with Crippen LogP contribution in [0, 0.1) is 11.3 Å². The Morgan fingerprint density at radius 2 is 1.82 bits per heavy atom. The molecule has 0 spiro atoms. The van der Waals surface area contributed by atoms with Crippen LogP contribution in [0.5, 0.6) is 5.75 Å². The van der Waals surface area contributed by atoms with Crippen molar-refractivity contribution in [3.05, 3.63) is 100 Å². The Labute approximate surface area is 222 Å². The second-order valence-electron chi connectivity index (χ2n) is 8.79. The number of benzene rings is 3. The average Bonchev–Trinajstić information content (AvgIpc) is 2.92. The molecule has 1 atom stereocenters. The van der Waals surface area contributed by atoms with Crippen molar-refractivity contribution in [3.63, 3.8) is 0 Å². The Bertz CT molecular complexity index is 1590. The maximum Gasteiger partial charge on any atom is 0.416 e. The number of nitriles is 1. The summed E-state index contributed by atoms with van der Waals surface area (Å²) >= 11 is 0. The Morgan fingerprint density at radius 1 is 1.10 bits per heavy atom. The van der Waals surface area contributed by atoms with E-state index in [9.17, 15) is 28.0 Å². The zero-order valence-electron chi connectivity index (χ0n) is 21.3. The number of amides is 1. The number of nitrogens with zero attached hydrogens (tertiary/aromatic N) is 4. The van der Waals surface area contributed by atoms with E-state index in [1.165, 1.54) is 21.6 Å². The van der Waals surface area contributed by atoms with E-state index in [0.717, 1.165) is 12.1 Å². The minimum absolute atomic E-state index is 0.153. The molecule has 0 aliphatic carbocycles. The van der Waals surface area contributed by atoms with Gasteiger partial charge in [0.1, 0.15) is 18.1 Å². The Kier molecular flexibility index (Phi) is 8.00. The number of ether oxygens (including phenoxy) is 1. The molecule has 0 saturated carbocycles. The van der Waals surface area contributed by atoms with Gasteiger partial charge in [0.2, 0.25) is 5.91 Å². The third kappa shape index (κ3) is 5.93. The standard InChI is InChI=1S/C29H25F3N4O3/c1-3-39-23-13-11-22(12-14-23)36-27(34-25-10-5-4-9-24(25)28(36)38)19(2)35(16-15-33)26(37)18-20-7-6-8-21(17-20)29(30,31)32/h4-14,17,19H,3,16,18H2,1-2H3. The van der Waals surface area contributed by atoms with Crippen LogP contribution in [0.25, 0.3) is 16.6 Å². The fourth-order valence-corrected chi connectivity index (χ4v) is 4.33. The summed E-state index contributed by atoms with van der Waals surface area (Å²) < 4.78 is 46.4. The summed E-state index contributed by atoms with van der Waals surface area (Å²) in [4.78, 5) is 32.9. The van der Waals surface area contributed by atoms with Crippen LogP contribution < -0.4 is 10.3 Å². The molecular formula is C29H25F3N4O3. The number of alkyl halides is 3. The highest BCUT2D eigenvalue weighted by Gasteiger charge is 2.31. The predicted molar refractivity (Wildman–Crippen MR) is 139 cm³/mol. The number of fused-ring (bicyclic) bond motifs is 1. The van der Waals surface area contributed by atoms with Gasteiger partial charge in [-0.3, -0.25) is 14.2 Å². The van der Waals surface area contributed by atoms with Crippen molar-refractivity contribution < 1.29 is 22.7 Å². The summed E-state index contributed by atoms with van der Waals surface area (Å²) in [5, 5.41) is 9.86. The van der Waals surface area contributed by atoms with Gasteiger partial charge in [-0.15, -0.1) is 0 Å². The lowest BCUT2D eigenvalue weighted by atomic mass is 10.1. The molecule has 1 unspecified atom stereocenters. The van der Waals surface area contributed by atoms with E-state index in [1.54, 1.807) is 55.5 Å². The van der Waals surface area contributed by atoms with Gasteiger partial charge in [0, 0.05) is 0 Å². The van der Waals surface area contributed by atoms with Crippen LogP contribution in [0.4, 0.5) is 13.2 Å². The van der Waals surface area contributed by atoms with Crippen molar-refractivity contribution in [1.29, 1.82) is 5.26 Å². The molecule has 0 aliphatic rings. The van der Waals surface area contributed by atoms with Crippen molar-refractivity contribution in [2.24, 2.45) is 0 Å². The van der Waals surface area contributed by atoms with Crippen molar-refractivity contribution in [3.8, 4) is 17.5 Å². The van der Waals surface area contributed by atoms with E-state index in [0.29, 0.717) is 28.9 Å². The maximum absolute atomic E-state index is 13.7. The molecule has 0 aliphatic heterocycles. The highest BCUT2D eigenvalue weighted by atomic mass is 19.4. The van der Waals surface area contributed by atoms with E-state index in [4.69, 9.17) is 4.74 Å². The molecular weight excluding hydrogens is 509 g/mol. The monoisotopic (exact) mass is 534 g/mol. The van der Waals surface area contributed by atoms with Gasteiger partial charge in [-0.05, 0) is 61.9 Å². The molecule has 10 heteroatoms. The van der Waals surface area contributed by atoms with Gasteiger partial charge >= 0.3 is 6.18 Å². The van der Waals surface area contributed by atoms with E-state index < -0.39 is 23.7 Å². The van der Waals surface area contributed by atoms with Gasteiger partial charge < -0.3 is 9.64 Å². The molecule has 39 heavy (non-hydrogen) atoms. The first kappa shape index (κ1) is 27.4. The van der Waals surface area contributed by atoms with Gasteiger partial charge in [0.05, 0.1) is 47.3 Å². The number of hydrogen-bond acceptors (Lipinski definition) is 5. The van der Waals surface area contributed by atoms with E-state index in [-0.39, 0.29) is 29.9 Å². The lowest BCUT2D eigenvalue weighted by Crippen LogP contribution is -2.38. The molecule has 200 valence electrons. The van der Waals surface area contributed by atoms with Crippen LogP contribution >= 0.6 is 0 Å². The lowest BCUT2D eigenvalue weighted by molar-refractivity contribution is -0.138. The van der Waals surface area contributed by atoms with Crippen molar-refractivity contribution in [2.45, 2.75) is 32.5 Å². The fourth-order valence-electron chi connectivity index (χ4n) is 4.33. The molecule has 0 N–H and O–H groups in total. The Balaban J connectivity index is 1.78. The molecule has 4 rings (SSSR count).